The van der Waals surface area contributed by atoms with Gasteiger partial charge in [0.25, 0.3) is 5.19 Å². The van der Waals surface area contributed by atoms with E-state index < -0.39 is 0 Å². The number of benzene rings is 1. The van der Waals surface area contributed by atoms with E-state index in [9.17, 15) is 0 Å². The number of morpholine rings is 1. The Kier molecular flexibility index (Phi) is 6.11. The van der Waals surface area contributed by atoms with Gasteiger partial charge in [-0.25, -0.2) is 4.98 Å². The van der Waals surface area contributed by atoms with E-state index in [1.54, 1.807) is 6.20 Å². The minimum atomic E-state index is 0.625. The lowest BCUT2D eigenvalue weighted by atomic mass is 10.2. The van der Waals surface area contributed by atoms with Gasteiger partial charge in [0.15, 0.2) is 5.65 Å². The van der Waals surface area contributed by atoms with E-state index in [0.29, 0.717) is 5.19 Å². The van der Waals surface area contributed by atoms with Crippen LogP contribution in [0, 0.1) is 0 Å². The highest BCUT2D eigenvalue weighted by atomic mass is 32.1. The quantitative estimate of drug-likeness (QED) is 0.659. The number of nitrogens with zero attached hydrogens (tertiary/aromatic N) is 3. The van der Waals surface area contributed by atoms with Crippen LogP contribution < -0.4 is 4.74 Å². The van der Waals surface area contributed by atoms with Crippen LogP contribution in [0.2, 0.25) is 0 Å². The molecule has 1 aromatic carbocycles. The first-order valence-electron chi connectivity index (χ1n) is 8.15. The third kappa shape index (κ3) is 4.63. The number of pyridine rings is 1. The molecule has 3 heterocycles. The van der Waals surface area contributed by atoms with E-state index in [4.69, 9.17) is 9.47 Å². The van der Waals surface area contributed by atoms with Crippen LogP contribution in [-0.4, -0.2) is 41.2 Å². The van der Waals surface area contributed by atoms with Gasteiger partial charge in [-0.2, -0.15) is 4.98 Å². The Bertz CT molecular complexity index is 765. The smallest absolute Gasteiger partial charge is 0.281 e. The second-order valence-electron chi connectivity index (χ2n) is 5.44. The topological polar surface area (TPSA) is 47.5 Å². The van der Waals surface area contributed by atoms with Gasteiger partial charge in [-0.3, -0.25) is 4.90 Å². The number of fused-ring (bicyclic) bond motifs is 1. The van der Waals surface area contributed by atoms with Crippen LogP contribution in [0.4, 0.5) is 0 Å². The lowest BCUT2D eigenvalue weighted by Gasteiger charge is -2.26. The predicted molar refractivity (Wildman–Crippen MR) is 101 cm³/mol. The maximum Gasteiger partial charge on any atom is 0.281 e. The molecule has 1 aliphatic rings. The van der Waals surface area contributed by atoms with Gasteiger partial charge >= 0.3 is 0 Å². The van der Waals surface area contributed by atoms with Crippen molar-refractivity contribution in [3.05, 3.63) is 61.3 Å². The number of aromatic nitrogens is 2. The van der Waals surface area contributed by atoms with Crippen LogP contribution in [0.1, 0.15) is 5.56 Å². The Morgan fingerprint density at radius 2 is 1.88 bits per heavy atom. The second-order valence-corrected chi connectivity index (χ2v) is 6.43. The molecule has 1 saturated heterocycles. The lowest BCUT2D eigenvalue weighted by Crippen LogP contribution is -2.35. The summed E-state index contributed by atoms with van der Waals surface area (Å²) in [6, 6.07) is 12.1. The molecule has 0 atom stereocenters. The molecule has 0 bridgehead atoms. The van der Waals surface area contributed by atoms with Gasteiger partial charge in [0.2, 0.25) is 0 Å². The van der Waals surface area contributed by atoms with Gasteiger partial charge in [0, 0.05) is 25.8 Å². The summed E-state index contributed by atoms with van der Waals surface area (Å²) in [5, 5.41) is 0.625. The molecule has 4 rings (SSSR count). The van der Waals surface area contributed by atoms with Crippen molar-refractivity contribution in [2.24, 2.45) is 0 Å². The molecule has 130 valence electrons. The van der Waals surface area contributed by atoms with Gasteiger partial charge in [0.1, 0.15) is 5.75 Å². The van der Waals surface area contributed by atoms with E-state index in [2.05, 4.69) is 40.2 Å². The molecule has 0 N–H and O–H groups in total. The number of thiazole rings is 1. The van der Waals surface area contributed by atoms with E-state index in [1.165, 1.54) is 16.9 Å². The largest absolute Gasteiger partial charge is 0.431 e. The van der Waals surface area contributed by atoms with Crippen molar-refractivity contribution in [3.63, 3.8) is 0 Å². The van der Waals surface area contributed by atoms with Crippen LogP contribution in [0.15, 0.2) is 55.8 Å². The molecule has 5 nitrogen and oxygen atoms in total. The van der Waals surface area contributed by atoms with Crippen molar-refractivity contribution in [2.45, 2.75) is 6.54 Å². The molecule has 3 aromatic rings. The predicted octanol–water partition coefficient (Wildman–Crippen LogP) is 4.12. The highest BCUT2D eigenvalue weighted by Crippen LogP contribution is 2.30. The fourth-order valence-corrected chi connectivity index (χ4v) is 3.37. The van der Waals surface area contributed by atoms with Crippen molar-refractivity contribution in [3.8, 4) is 10.9 Å². The number of ether oxygens (including phenoxy) is 2. The molecule has 1 fully saturated rings. The minimum absolute atomic E-state index is 0.625. The number of hydrogen-bond acceptors (Lipinski definition) is 6. The Balaban J connectivity index is 0.000000880. The van der Waals surface area contributed by atoms with Crippen LogP contribution in [-0.2, 0) is 11.3 Å². The van der Waals surface area contributed by atoms with Crippen molar-refractivity contribution in [2.75, 3.05) is 26.3 Å². The van der Waals surface area contributed by atoms with Gasteiger partial charge in [0.05, 0.1) is 17.9 Å². The monoisotopic (exact) mass is 355 g/mol. The van der Waals surface area contributed by atoms with Crippen molar-refractivity contribution in [1.82, 2.24) is 14.9 Å². The maximum atomic E-state index is 5.84. The summed E-state index contributed by atoms with van der Waals surface area (Å²) >= 11 is 1.51. The van der Waals surface area contributed by atoms with Crippen molar-refractivity contribution < 1.29 is 9.47 Å². The van der Waals surface area contributed by atoms with E-state index in [-0.39, 0.29) is 0 Å². The maximum absolute atomic E-state index is 5.84. The van der Waals surface area contributed by atoms with E-state index >= 15 is 0 Å². The first-order chi connectivity index (χ1) is 12.4. The summed E-state index contributed by atoms with van der Waals surface area (Å²) < 4.78 is 12.3. The summed E-state index contributed by atoms with van der Waals surface area (Å²) in [7, 11) is 0. The van der Waals surface area contributed by atoms with Crippen LogP contribution in [0.25, 0.3) is 10.3 Å². The zero-order valence-corrected chi connectivity index (χ0v) is 14.9. The van der Waals surface area contributed by atoms with Gasteiger partial charge in [-0.05, 0) is 29.8 Å². The molecule has 0 radical (unpaired) electrons. The number of rotatable bonds is 4. The highest BCUT2D eigenvalue weighted by Gasteiger charge is 2.11. The molecule has 2 aromatic heterocycles. The van der Waals surface area contributed by atoms with Gasteiger partial charge < -0.3 is 9.47 Å². The summed E-state index contributed by atoms with van der Waals surface area (Å²) in [6.07, 6.45) is 1.74. The Morgan fingerprint density at radius 1 is 1.12 bits per heavy atom. The summed E-state index contributed by atoms with van der Waals surface area (Å²) in [5.41, 5.74) is 2.02. The average molecular weight is 355 g/mol. The first kappa shape index (κ1) is 17.5. The third-order valence-electron chi connectivity index (χ3n) is 3.78. The summed E-state index contributed by atoms with van der Waals surface area (Å²) in [6.45, 7) is 10.6. The Hall–Kier alpha value is -2.28. The Morgan fingerprint density at radius 3 is 2.60 bits per heavy atom. The van der Waals surface area contributed by atoms with Crippen LogP contribution >= 0.6 is 11.3 Å². The SMILES string of the molecule is C=C.c1cnc2nc(Oc3ccc(CN4CCOCC4)cc3)sc2c1. The third-order valence-corrected chi connectivity index (χ3v) is 4.67. The van der Waals surface area contributed by atoms with Gasteiger partial charge in [-0.1, -0.05) is 23.5 Å². The minimum Gasteiger partial charge on any atom is -0.431 e. The van der Waals surface area contributed by atoms with Crippen LogP contribution in [0.5, 0.6) is 10.9 Å². The molecular formula is C19H21N3O2S. The standard InChI is InChI=1S/C17H17N3O2S.C2H4/c1-2-15-16(18-7-1)19-17(23-15)22-14-5-3-13(4-6-14)12-20-8-10-21-11-9-20;1-2/h1-7H,8-12H2;1-2H2. The molecule has 0 spiro atoms. The molecule has 0 amide bonds. The number of hydrogen-bond donors (Lipinski definition) is 0. The summed E-state index contributed by atoms with van der Waals surface area (Å²) in [4.78, 5) is 11.0. The fourth-order valence-electron chi connectivity index (χ4n) is 2.57. The second kappa shape index (κ2) is 8.71. The van der Waals surface area contributed by atoms with Crippen molar-refractivity contribution in [1.29, 1.82) is 0 Å². The van der Waals surface area contributed by atoms with E-state index in [0.717, 1.165) is 48.9 Å². The van der Waals surface area contributed by atoms with E-state index in [1.807, 2.05) is 24.3 Å². The molecule has 0 saturated carbocycles. The molecule has 1 aliphatic heterocycles. The van der Waals surface area contributed by atoms with Crippen LogP contribution in [0.3, 0.4) is 0 Å². The highest BCUT2D eigenvalue weighted by molar-refractivity contribution is 7.20. The molecule has 0 unspecified atom stereocenters. The van der Waals surface area contributed by atoms with Gasteiger partial charge in [-0.15, -0.1) is 13.2 Å². The zero-order chi connectivity index (χ0) is 17.5. The first-order valence-corrected chi connectivity index (χ1v) is 8.97. The Labute approximate surface area is 151 Å². The van der Waals surface area contributed by atoms with Crippen molar-refractivity contribution >= 4 is 21.7 Å². The average Bonchev–Trinajstić information content (AvgIpc) is 3.08. The molecule has 6 heteroatoms. The zero-order valence-electron chi connectivity index (χ0n) is 14.1. The fraction of sp³-hybridized carbons (Fsp3) is 0.263. The summed E-state index contributed by atoms with van der Waals surface area (Å²) in [5.74, 6) is 0.801. The lowest BCUT2D eigenvalue weighted by molar-refractivity contribution is 0.0342. The molecule has 25 heavy (non-hydrogen) atoms. The normalized spacial score (nSPS) is 14.7. The molecular weight excluding hydrogens is 334 g/mol. The molecule has 0 aliphatic carbocycles.